The topological polar surface area (TPSA) is 80.6 Å². The Morgan fingerprint density at radius 3 is 2.17 bits per heavy atom. The van der Waals surface area contributed by atoms with E-state index in [0.29, 0.717) is 0 Å². The van der Waals surface area contributed by atoms with Crippen molar-refractivity contribution in [2.24, 2.45) is 0 Å². The van der Waals surface area contributed by atoms with Crippen LogP contribution < -0.4 is 15.4 Å². The van der Waals surface area contributed by atoms with Gasteiger partial charge in [-0.15, -0.1) is 0 Å². The fourth-order valence-electron chi connectivity index (χ4n) is 2.12. The number of carbonyl (C=O) groups excluding carboxylic acids is 2. The van der Waals surface area contributed by atoms with E-state index < -0.39 is 11.8 Å². The molecule has 0 unspecified atom stereocenters. The van der Waals surface area contributed by atoms with E-state index in [9.17, 15) is 9.59 Å². The van der Waals surface area contributed by atoms with E-state index in [1.807, 2.05) is 32.0 Å². The molecule has 1 aromatic carbocycles. The van der Waals surface area contributed by atoms with Crippen molar-refractivity contribution in [2.45, 2.75) is 26.9 Å². The van der Waals surface area contributed by atoms with E-state index in [1.165, 1.54) is 0 Å². The predicted molar refractivity (Wildman–Crippen MR) is 84.9 cm³/mol. The van der Waals surface area contributed by atoms with Crippen molar-refractivity contribution >= 4 is 11.8 Å². The van der Waals surface area contributed by atoms with Crippen molar-refractivity contribution in [3.05, 3.63) is 53.0 Å². The lowest BCUT2D eigenvalue weighted by Crippen LogP contribution is -2.39. The number of benzene rings is 1. The molecule has 0 aliphatic carbocycles. The van der Waals surface area contributed by atoms with E-state index in [4.69, 9.17) is 9.15 Å². The van der Waals surface area contributed by atoms with Gasteiger partial charge in [0.05, 0.1) is 7.11 Å². The molecule has 0 spiro atoms. The highest BCUT2D eigenvalue weighted by atomic mass is 16.5. The Bertz CT molecular complexity index is 689. The van der Waals surface area contributed by atoms with Crippen molar-refractivity contribution in [1.82, 2.24) is 10.6 Å². The summed E-state index contributed by atoms with van der Waals surface area (Å²) in [7, 11) is 1.59. The van der Waals surface area contributed by atoms with Crippen LogP contribution in [0.5, 0.6) is 5.75 Å². The number of nitrogens with one attached hydrogen (secondary N) is 2. The molecule has 6 nitrogen and oxygen atoms in total. The number of amides is 2. The molecule has 0 radical (unpaired) electrons. The van der Waals surface area contributed by atoms with Gasteiger partial charge in [-0.25, -0.2) is 0 Å². The molecule has 2 aromatic rings. The highest BCUT2D eigenvalue weighted by Crippen LogP contribution is 2.13. The van der Waals surface area contributed by atoms with Gasteiger partial charge in [0.1, 0.15) is 17.3 Å². The third kappa shape index (κ3) is 4.60. The van der Waals surface area contributed by atoms with E-state index in [0.717, 1.165) is 28.4 Å². The second-order valence-electron chi connectivity index (χ2n) is 5.15. The SMILES string of the molecule is COc1ccc(CNC(=O)C(=O)NCc2cc(C)oc2C)cc1. The lowest BCUT2D eigenvalue weighted by Gasteiger charge is -2.07. The molecule has 0 aliphatic rings. The Morgan fingerprint density at radius 1 is 1.04 bits per heavy atom. The standard InChI is InChI=1S/C17H20N2O4/c1-11-8-14(12(2)23-11)10-19-17(21)16(20)18-9-13-4-6-15(22-3)7-5-13/h4-8H,9-10H2,1-3H3,(H,18,20)(H,19,21). The summed E-state index contributed by atoms with van der Waals surface area (Å²) in [6.45, 7) is 4.19. The lowest BCUT2D eigenvalue weighted by molar-refractivity contribution is -0.139. The van der Waals surface area contributed by atoms with Crippen LogP contribution in [-0.4, -0.2) is 18.9 Å². The average Bonchev–Trinajstić information content (AvgIpc) is 2.88. The molecule has 6 heteroatoms. The van der Waals surface area contributed by atoms with Gasteiger partial charge < -0.3 is 19.8 Å². The van der Waals surface area contributed by atoms with Gasteiger partial charge in [-0.3, -0.25) is 9.59 Å². The third-order valence-electron chi connectivity index (χ3n) is 3.40. The first-order chi connectivity index (χ1) is 11.0. The van der Waals surface area contributed by atoms with Crippen LogP contribution in [0.3, 0.4) is 0 Å². The number of furan rings is 1. The van der Waals surface area contributed by atoms with Crippen LogP contribution in [0.2, 0.25) is 0 Å². The van der Waals surface area contributed by atoms with Gasteiger partial charge in [0.15, 0.2) is 0 Å². The molecule has 2 N–H and O–H groups in total. The molecule has 1 heterocycles. The molecule has 0 fully saturated rings. The first-order valence-electron chi connectivity index (χ1n) is 7.24. The normalized spacial score (nSPS) is 10.2. The molecule has 0 saturated heterocycles. The minimum absolute atomic E-state index is 0.262. The number of rotatable bonds is 5. The monoisotopic (exact) mass is 316 g/mol. The molecular weight excluding hydrogens is 296 g/mol. The van der Waals surface area contributed by atoms with Gasteiger partial charge in [0, 0.05) is 18.7 Å². The van der Waals surface area contributed by atoms with Crippen molar-refractivity contribution in [1.29, 1.82) is 0 Å². The van der Waals surface area contributed by atoms with Crippen LogP contribution in [0.1, 0.15) is 22.6 Å². The van der Waals surface area contributed by atoms with Gasteiger partial charge in [0.2, 0.25) is 0 Å². The molecule has 0 bridgehead atoms. The second-order valence-corrected chi connectivity index (χ2v) is 5.15. The Hall–Kier alpha value is -2.76. The molecule has 23 heavy (non-hydrogen) atoms. The smallest absolute Gasteiger partial charge is 0.309 e. The maximum atomic E-state index is 11.8. The van der Waals surface area contributed by atoms with E-state index in [-0.39, 0.29) is 13.1 Å². The summed E-state index contributed by atoms with van der Waals surface area (Å²) >= 11 is 0. The van der Waals surface area contributed by atoms with E-state index >= 15 is 0 Å². The molecule has 122 valence electrons. The number of hydrogen-bond acceptors (Lipinski definition) is 4. The Labute approximate surface area is 134 Å². The Balaban J connectivity index is 1.80. The number of hydrogen-bond donors (Lipinski definition) is 2. The van der Waals surface area contributed by atoms with Crippen LogP contribution in [0, 0.1) is 13.8 Å². The van der Waals surface area contributed by atoms with Crippen LogP contribution in [0.25, 0.3) is 0 Å². The zero-order chi connectivity index (χ0) is 16.8. The van der Waals surface area contributed by atoms with Crippen molar-refractivity contribution in [3.63, 3.8) is 0 Å². The molecule has 0 saturated carbocycles. The fourth-order valence-corrected chi connectivity index (χ4v) is 2.12. The van der Waals surface area contributed by atoms with Crippen molar-refractivity contribution < 1.29 is 18.7 Å². The summed E-state index contributed by atoms with van der Waals surface area (Å²) in [6.07, 6.45) is 0. The fraction of sp³-hybridized carbons (Fsp3) is 0.294. The van der Waals surface area contributed by atoms with Crippen LogP contribution in [0.4, 0.5) is 0 Å². The lowest BCUT2D eigenvalue weighted by atomic mass is 10.2. The summed E-state index contributed by atoms with van der Waals surface area (Å²) in [5.41, 5.74) is 1.74. The predicted octanol–water partition coefficient (Wildman–Crippen LogP) is 1.84. The summed E-state index contributed by atoms with van der Waals surface area (Å²) in [5, 5.41) is 5.15. The van der Waals surface area contributed by atoms with Gasteiger partial charge in [-0.05, 0) is 37.6 Å². The quantitative estimate of drug-likeness (QED) is 0.825. The second kappa shape index (κ2) is 7.49. The first-order valence-corrected chi connectivity index (χ1v) is 7.24. The van der Waals surface area contributed by atoms with Crippen LogP contribution in [0.15, 0.2) is 34.7 Å². The van der Waals surface area contributed by atoms with Gasteiger partial charge in [-0.2, -0.15) is 0 Å². The summed E-state index contributed by atoms with van der Waals surface area (Å²) in [4.78, 5) is 23.6. The van der Waals surface area contributed by atoms with Gasteiger partial charge >= 0.3 is 11.8 Å². The van der Waals surface area contributed by atoms with Crippen LogP contribution in [-0.2, 0) is 22.7 Å². The summed E-state index contributed by atoms with van der Waals surface area (Å²) in [6, 6.07) is 9.09. The number of aryl methyl sites for hydroxylation is 2. The molecule has 0 aliphatic heterocycles. The first kappa shape index (κ1) is 16.6. The average molecular weight is 316 g/mol. The zero-order valence-electron chi connectivity index (χ0n) is 13.4. The summed E-state index contributed by atoms with van der Waals surface area (Å²) < 4.78 is 10.4. The van der Waals surface area contributed by atoms with Crippen molar-refractivity contribution in [3.8, 4) is 5.75 Å². The molecular formula is C17H20N2O4. The van der Waals surface area contributed by atoms with E-state index in [2.05, 4.69) is 10.6 Å². The number of methoxy groups -OCH3 is 1. The molecule has 1 aromatic heterocycles. The Kier molecular flexibility index (Phi) is 5.41. The van der Waals surface area contributed by atoms with Gasteiger partial charge in [-0.1, -0.05) is 12.1 Å². The highest BCUT2D eigenvalue weighted by Gasteiger charge is 2.14. The molecule has 2 amide bonds. The maximum absolute atomic E-state index is 11.8. The largest absolute Gasteiger partial charge is 0.497 e. The van der Waals surface area contributed by atoms with Crippen molar-refractivity contribution in [2.75, 3.05) is 7.11 Å². The minimum atomic E-state index is -0.670. The number of carbonyl (C=O) groups is 2. The number of ether oxygens (including phenoxy) is 1. The molecule has 2 rings (SSSR count). The Morgan fingerprint density at radius 2 is 1.65 bits per heavy atom. The van der Waals surface area contributed by atoms with E-state index in [1.54, 1.807) is 19.2 Å². The van der Waals surface area contributed by atoms with Crippen LogP contribution >= 0.6 is 0 Å². The third-order valence-corrected chi connectivity index (χ3v) is 3.40. The minimum Gasteiger partial charge on any atom is -0.497 e. The maximum Gasteiger partial charge on any atom is 0.309 e. The summed E-state index contributed by atoms with van der Waals surface area (Å²) in [5.74, 6) is 0.913. The highest BCUT2D eigenvalue weighted by molar-refractivity contribution is 6.35. The zero-order valence-corrected chi connectivity index (χ0v) is 13.4. The van der Waals surface area contributed by atoms with Gasteiger partial charge in [0.25, 0.3) is 0 Å². The molecule has 0 atom stereocenters.